The standard InChI is InChI=1S/C89H123N23O20S2/c1-7-9-19-67-82(125)101-59(30-32-91)79(122)107-66(77(120)97-42-74(94)117)45-133-46-75(118)99-63(34-49-23-25-53(113)26-24-49)85(128)108(4)48(3)76(119)105-65(39-73(93)116)88(131)111-33-15-21-68(111)83(126)104-62(37-52-41-95-47-98-52)81(124)102-60(27-28-72(92)115)87(130)112-43-54(114)38-70(112)84(127)103-61(36-51-44-134-71-22-14-12-17-56(51)71)80(123)100-58(29-31-90)78(121)106-64(35-50-40-96-57-18-13-11-16-55(50)57)86(129)110(6)69(20-10-8-2)89(132)109(67)5/h11-14,16-18,22-26,40-41,44,47-48,54,58-70,96,113-114H,7-10,15,19-21,27-39,42-43,45-46,90-91H2,1-6H3,(H2,92,115)(H2,93,116)(H2,94,117)(H,95,98)(H,97,120)(H,99,118)(H,100,123)(H,101,125)(H,102,124)(H,103,127)(H,104,126)(H,105,119)(H,106,121)(H,107,122)/t48-,54+,58-,59-,60-,61-,62-,63-,64-,65-,66-,67-,68-,69-,70-/m0/s1. The lowest BCUT2D eigenvalue weighted by atomic mass is 9.99. The first-order valence-electron chi connectivity index (χ1n) is 44.6. The van der Waals surface area contributed by atoms with Crippen LogP contribution >= 0.6 is 23.1 Å². The topological polar surface area (TPSA) is 659 Å². The van der Waals surface area contributed by atoms with E-state index in [4.69, 9.17) is 28.7 Å². The number of likely N-dealkylation sites (N-methyl/N-ethyl adjacent to an activating group) is 3. The van der Waals surface area contributed by atoms with E-state index >= 15 is 38.4 Å². The lowest BCUT2D eigenvalue weighted by Gasteiger charge is -2.36. The van der Waals surface area contributed by atoms with Crippen LogP contribution in [0.1, 0.15) is 133 Å². The monoisotopic (exact) mass is 1900 g/mol. The number of amides is 18. The summed E-state index contributed by atoms with van der Waals surface area (Å²) in [6.07, 6.45) is 0.635. The highest BCUT2D eigenvalue weighted by molar-refractivity contribution is 8.00. The molecule has 3 fully saturated rings. The quantitative estimate of drug-likeness (QED) is 0.0250. The molecule has 9 rings (SSSR count). The molecule has 726 valence electrons. The van der Waals surface area contributed by atoms with Gasteiger partial charge in [-0.3, -0.25) is 86.3 Å². The zero-order chi connectivity index (χ0) is 97.7. The van der Waals surface area contributed by atoms with E-state index in [2.05, 4.69) is 68.1 Å². The van der Waals surface area contributed by atoms with Crippen LogP contribution in [0.5, 0.6) is 5.75 Å². The van der Waals surface area contributed by atoms with Crippen molar-refractivity contribution in [2.45, 2.75) is 227 Å². The lowest BCUT2D eigenvalue weighted by Crippen LogP contribution is -2.61. The molecule has 0 spiro atoms. The third-order valence-electron chi connectivity index (χ3n) is 23.9. The number of aromatic nitrogens is 3. The first-order valence-corrected chi connectivity index (χ1v) is 46.6. The second kappa shape index (κ2) is 50.1. The van der Waals surface area contributed by atoms with Gasteiger partial charge in [0, 0.05) is 112 Å². The van der Waals surface area contributed by atoms with Crippen molar-refractivity contribution in [1.29, 1.82) is 0 Å². The number of hydrogen-bond donors (Lipinski definition) is 19. The summed E-state index contributed by atoms with van der Waals surface area (Å²) in [7, 11) is 3.93. The molecule has 15 atom stereocenters. The molecule has 3 aliphatic rings. The number of phenolic OH excluding ortho intramolecular Hbond substituents is 1. The highest BCUT2D eigenvalue weighted by atomic mass is 32.2. The molecule has 3 aromatic heterocycles. The fourth-order valence-electron chi connectivity index (χ4n) is 16.4. The number of unbranched alkanes of at least 4 members (excludes halogenated alkanes) is 2. The molecule has 3 saturated heterocycles. The van der Waals surface area contributed by atoms with Crippen LogP contribution in [-0.2, 0) is 112 Å². The van der Waals surface area contributed by atoms with Crippen LogP contribution < -0.4 is 81.8 Å². The Kier molecular flexibility index (Phi) is 39.1. The fraction of sp³-hybridized carbons (Fsp3) is 0.517. The number of thioether (sulfide) groups is 1. The smallest absolute Gasteiger partial charge is 0.246 e. The summed E-state index contributed by atoms with van der Waals surface area (Å²) >= 11 is 2.10. The number of rotatable bonds is 26. The van der Waals surface area contributed by atoms with Gasteiger partial charge in [0.05, 0.1) is 31.1 Å². The number of carbonyl (C=O) groups is 18. The average molecular weight is 1900 g/mol. The summed E-state index contributed by atoms with van der Waals surface area (Å²) in [6, 6.07) is -1.98. The van der Waals surface area contributed by atoms with Gasteiger partial charge in [-0.1, -0.05) is 88.1 Å². The number of phenols is 1. The summed E-state index contributed by atoms with van der Waals surface area (Å²) < 4.78 is 0.795. The van der Waals surface area contributed by atoms with Gasteiger partial charge >= 0.3 is 0 Å². The van der Waals surface area contributed by atoms with Crippen LogP contribution in [-0.4, -0.2) is 312 Å². The maximum Gasteiger partial charge on any atom is 0.246 e. The van der Waals surface area contributed by atoms with E-state index in [1.54, 1.807) is 54.0 Å². The number of aliphatic hydroxyl groups is 1. The number of primary amides is 3. The number of para-hydroxylation sites is 1. The molecular weight excluding hydrogens is 1780 g/mol. The van der Waals surface area contributed by atoms with Gasteiger partial charge in [0.25, 0.3) is 0 Å². The molecule has 43 nitrogen and oxygen atoms in total. The van der Waals surface area contributed by atoms with E-state index in [-0.39, 0.29) is 95.3 Å². The van der Waals surface area contributed by atoms with E-state index < -0.39 is 247 Å². The number of H-pyrrole nitrogens is 2. The number of aliphatic hydroxyl groups excluding tert-OH is 1. The van der Waals surface area contributed by atoms with E-state index in [0.29, 0.717) is 58.7 Å². The van der Waals surface area contributed by atoms with Gasteiger partial charge in [0.1, 0.15) is 90.3 Å². The van der Waals surface area contributed by atoms with E-state index in [9.17, 15) is 58.2 Å². The number of aromatic hydroxyl groups is 1. The molecule has 0 saturated carbocycles. The van der Waals surface area contributed by atoms with Crippen molar-refractivity contribution in [2.24, 2.45) is 28.7 Å². The number of nitrogens with one attached hydrogen (secondary N) is 12. The first-order chi connectivity index (χ1) is 63.9. The summed E-state index contributed by atoms with van der Waals surface area (Å²) in [5.74, 6) is -18.2. The zero-order valence-corrected chi connectivity index (χ0v) is 77.3. The Morgan fingerprint density at radius 1 is 0.530 bits per heavy atom. The number of benzene rings is 3. The Bertz CT molecular complexity index is 5190. The van der Waals surface area contributed by atoms with Crippen LogP contribution in [0.3, 0.4) is 0 Å². The Morgan fingerprint density at radius 2 is 1.09 bits per heavy atom. The molecule has 134 heavy (non-hydrogen) atoms. The molecule has 0 unspecified atom stereocenters. The van der Waals surface area contributed by atoms with Crippen molar-refractivity contribution < 1.29 is 96.5 Å². The second-order valence-corrected chi connectivity index (χ2v) is 35.7. The third-order valence-corrected chi connectivity index (χ3v) is 26.0. The predicted octanol–water partition coefficient (Wildman–Crippen LogP) is -3.53. The zero-order valence-electron chi connectivity index (χ0n) is 75.7. The third kappa shape index (κ3) is 28.7. The second-order valence-electron chi connectivity index (χ2n) is 33.7. The molecular formula is C89H123N23O20S2. The van der Waals surface area contributed by atoms with Gasteiger partial charge in [-0.25, -0.2) is 4.98 Å². The van der Waals surface area contributed by atoms with Gasteiger partial charge in [-0.15, -0.1) is 23.1 Å². The van der Waals surface area contributed by atoms with Crippen molar-refractivity contribution >= 4 is 150 Å². The molecule has 3 aromatic carbocycles. The van der Waals surface area contributed by atoms with Gasteiger partial charge in [0.15, 0.2) is 0 Å². The summed E-state index contributed by atoms with van der Waals surface area (Å²) in [5, 5.41) is 51.2. The van der Waals surface area contributed by atoms with Crippen molar-refractivity contribution in [3.05, 3.63) is 119 Å². The van der Waals surface area contributed by atoms with Crippen LogP contribution in [0.15, 0.2) is 96.9 Å². The van der Waals surface area contributed by atoms with Gasteiger partial charge in [0.2, 0.25) is 106 Å². The molecule has 0 bridgehead atoms. The van der Waals surface area contributed by atoms with Crippen molar-refractivity contribution in [2.75, 3.05) is 65.4 Å². The van der Waals surface area contributed by atoms with Crippen molar-refractivity contribution in [3.63, 3.8) is 0 Å². The van der Waals surface area contributed by atoms with Crippen molar-refractivity contribution in [3.8, 4) is 5.75 Å². The van der Waals surface area contributed by atoms with Crippen LogP contribution in [0, 0.1) is 0 Å². The lowest BCUT2D eigenvalue weighted by molar-refractivity contribution is -0.149. The molecule has 6 heterocycles. The number of nitrogens with two attached hydrogens (primary N) is 5. The number of aromatic amines is 2. The predicted molar refractivity (Wildman–Crippen MR) is 493 cm³/mol. The van der Waals surface area contributed by atoms with E-state index in [1.807, 2.05) is 19.9 Å². The average Bonchev–Trinajstić information content (AvgIpc) is 1.13. The number of fused-ring (bicyclic) bond motifs is 4. The van der Waals surface area contributed by atoms with Crippen LogP contribution in [0.4, 0.5) is 0 Å². The summed E-state index contributed by atoms with van der Waals surface area (Å²) in [5.41, 5.74) is 31.6. The van der Waals surface area contributed by atoms with Crippen molar-refractivity contribution in [1.82, 2.24) is 92.6 Å². The number of hydrogen-bond acceptors (Lipinski definition) is 25. The molecule has 18 amide bonds. The van der Waals surface area contributed by atoms with E-state index in [0.717, 1.165) is 36.1 Å². The molecule has 0 radical (unpaired) electrons. The Hall–Kier alpha value is -13.1. The summed E-state index contributed by atoms with van der Waals surface area (Å²) in [4.78, 5) is 278. The molecule has 3 aliphatic heterocycles. The van der Waals surface area contributed by atoms with Gasteiger partial charge < -0.3 is 127 Å². The minimum absolute atomic E-state index is 0.00565. The van der Waals surface area contributed by atoms with Crippen LogP contribution in [0.2, 0.25) is 0 Å². The molecule has 0 aliphatic carbocycles. The number of thiophene rings is 1. The maximum atomic E-state index is 15.8. The Balaban J connectivity index is 1.10. The van der Waals surface area contributed by atoms with Gasteiger partial charge in [-0.2, -0.15) is 0 Å². The number of carbonyl (C=O) groups excluding carboxylic acids is 18. The van der Waals surface area contributed by atoms with Crippen LogP contribution in [0.25, 0.3) is 21.0 Å². The number of nitrogens with zero attached hydrogens (tertiary/aromatic N) is 6. The fourth-order valence-corrected chi connectivity index (χ4v) is 18.2. The summed E-state index contributed by atoms with van der Waals surface area (Å²) in [6.45, 7) is 3.07. The maximum absolute atomic E-state index is 15.8. The highest BCUT2D eigenvalue weighted by Crippen LogP contribution is 2.30. The Labute approximate surface area is 781 Å². The minimum atomic E-state index is -1.81. The highest BCUT2D eigenvalue weighted by Gasteiger charge is 2.47. The number of imidazole rings is 1. The largest absolute Gasteiger partial charge is 0.508 e. The molecule has 24 N–H and O–H groups in total. The molecule has 45 heteroatoms. The molecule has 6 aromatic rings. The first kappa shape index (κ1) is 105. The Morgan fingerprint density at radius 3 is 1.73 bits per heavy atom. The SMILES string of the molecule is CCCC[C@H]1C(=O)N(C)[C@@H](CCCC)C(=O)N[C@@H](CCN)C(=O)N[C@H](C(=O)NCC(N)=O)CSCC(=O)N[C@@H](Cc2ccc(O)cc2)C(=O)N(C)[C@@H](C)C(=O)N[C@@H](CC(N)=O)C(=O)N2CCC[C@H]2C(=O)N[C@@H](Cc2cnc[nH]2)C(=O)N[C@@H](CCC(N)=O)C(=O)N2C[C@H](O)C[C@H]2C(=O)N[C@@H](Cc2csc3ccccc23)C(=O)N[C@@H](CCN)C(=O)N[C@@H](Cc2c[nH]c3ccccc23)C(=O)N1C. The van der Waals surface area contributed by atoms with Gasteiger partial charge in [-0.05, 0) is 117 Å². The normalized spacial score (nSPS) is 24.8. The van der Waals surface area contributed by atoms with E-state index in [1.165, 1.54) is 81.1 Å². The minimum Gasteiger partial charge on any atom is -0.508 e.